The maximum Gasteiger partial charge on any atom is 0.254 e. The first-order chi connectivity index (χ1) is 9.20. The molecule has 0 bridgehead atoms. The number of amides is 1. The molecule has 0 saturated heterocycles. The molecule has 3 aromatic carbocycles. The van der Waals surface area contributed by atoms with E-state index < -0.39 is 0 Å². The van der Waals surface area contributed by atoms with Crippen molar-refractivity contribution in [1.29, 1.82) is 0 Å². The van der Waals surface area contributed by atoms with Crippen LogP contribution >= 0.6 is 0 Å². The van der Waals surface area contributed by atoms with Gasteiger partial charge in [0.1, 0.15) is 5.75 Å². The zero-order valence-corrected chi connectivity index (χ0v) is 10.5. The Balaban J connectivity index is 2.36. The molecule has 0 fully saturated rings. The Bertz CT molecular complexity index is 793. The third-order valence-electron chi connectivity index (χ3n) is 3.33. The van der Waals surface area contributed by atoms with E-state index in [2.05, 4.69) is 5.32 Å². The number of aromatic hydroxyl groups is 1. The van der Waals surface area contributed by atoms with Crippen molar-refractivity contribution in [2.45, 2.75) is 0 Å². The first-order valence-electron chi connectivity index (χ1n) is 6.07. The van der Waals surface area contributed by atoms with E-state index >= 15 is 0 Å². The first-order valence-corrected chi connectivity index (χ1v) is 6.07. The van der Waals surface area contributed by atoms with Gasteiger partial charge in [0, 0.05) is 12.4 Å². The van der Waals surface area contributed by atoms with E-state index in [-0.39, 0.29) is 11.7 Å². The molecule has 0 aromatic heterocycles. The van der Waals surface area contributed by atoms with Crippen LogP contribution in [0.25, 0.3) is 21.5 Å². The Morgan fingerprint density at radius 3 is 2.37 bits per heavy atom. The lowest BCUT2D eigenvalue weighted by molar-refractivity contribution is 0.0960. The highest BCUT2D eigenvalue weighted by molar-refractivity contribution is 6.07. The van der Waals surface area contributed by atoms with Gasteiger partial charge >= 0.3 is 0 Å². The fourth-order valence-corrected chi connectivity index (χ4v) is 2.32. The Morgan fingerprint density at radius 1 is 1.00 bits per heavy atom. The van der Waals surface area contributed by atoms with Gasteiger partial charge in [-0.15, -0.1) is 0 Å². The number of hydrogen-bond acceptors (Lipinski definition) is 2. The minimum atomic E-state index is -0.285. The summed E-state index contributed by atoms with van der Waals surface area (Å²) < 4.78 is 0. The zero-order chi connectivity index (χ0) is 13.4. The van der Waals surface area contributed by atoms with E-state index in [1.165, 1.54) is 0 Å². The molecule has 0 spiro atoms. The number of rotatable bonds is 1. The van der Waals surface area contributed by atoms with Gasteiger partial charge in [-0.1, -0.05) is 30.3 Å². The van der Waals surface area contributed by atoms with E-state index in [1.54, 1.807) is 13.1 Å². The molecule has 94 valence electrons. The summed E-state index contributed by atoms with van der Waals surface area (Å²) in [6.45, 7) is 0. The van der Waals surface area contributed by atoms with Crippen LogP contribution in [0.15, 0.2) is 48.5 Å². The van der Waals surface area contributed by atoms with Gasteiger partial charge in [0.15, 0.2) is 0 Å². The minimum absolute atomic E-state index is 0.0302. The molecule has 3 rings (SSSR count). The number of carbonyl (C=O) groups excluding carboxylic acids is 1. The van der Waals surface area contributed by atoms with Crippen LogP contribution in [0.5, 0.6) is 5.75 Å². The second kappa shape index (κ2) is 4.28. The van der Waals surface area contributed by atoms with Gasteiger partial charge in [0.05, 0.1) is 5.56 Å². The quantitative estimate of drug-likeness (QED) is 0.653. The van der Waals surface area contributed by atoms with Crippen LogP contribution in [0.1, 0.15) is 10.4 Å². The van der Waals surface area contributed by atoms with Crippen LogP contribution in [0.2, 0.25) is 0 Å². The Hall–Kier alpha value is -2.55. The van der Waals surface area contributed by atoms with Crippen molar-refractivity contribution in [3.8, 4) is 5.75 Å². The lowest BCUT2D eigenvalue weighted by atomic mass is 10.0. The fraction of sp³-hybridized carbons (Fsp3) is 0.0625. The molecule has 3 aromatic rings. The SMILES string of the molecule is CNC(=O)c1ccc2cc3ccccc3cc2c1O. The van der Waals surface area contributed by atoms with Crippen molar-refractivity contribution in [3.63, 3.8) is 0 Å². The van der Waals surface area contributed by atoms with Crippen molar-refractivity contribution in [2.75, 3.05) is 7.05 Å². The number of fused-ring (bicyclic) bond motifs is 2. The highest BCUT2D eigenvalue weighted by atomic mass is 16.3. The monoisotopic (exact) mass is 251 g/mol. The van der Waals surface area contributed by atoms with Crippen molar-refractivity contribution in [1.82, 2.24) is 5.32 Å². The summed E-state index contributed by atoms with van der Waals surface area (Å²) in [5.74, 6) is -0.254. The summed E-state index contributed by atoms with van der Waals surface area (Å²) in [5, 5.41) is 16.5. The van der Waals surface area contributed by atoms with E-state index in [0.717, 1.165) is 16.2 Å². The number of benzene rings is 3. The van der Waals surface area contributed by atoms with Crippen LogP contribution in [0.3, 0.4) is 0 Å². The average Bonchev–Trinajstić information content (AvgIpc) is 2.45. The number of carbonyl (C=O) groups is 1. The largest absolute Gasteiger partial charge is 0.506 e. The van der Waals surface area contributed by atoms with E-state index in [1.807, 2.05) is 42.5 Å². The van der Waals surface area contributed by atoms with Crippen molar-refractivity contribution in [3.05, 3.63) is 54.1 Å². The number of phenolic OH excluding ortho intramolecular Hbond substituents is 1. The molecule has 0 atom stereocenters. The molecule has 19 heavy (non-hydrogen) atoms. The molecule has 3 heteroatoms. The summed E-state index contributed by atoms with van der Waals surface area (Å²) >= 11 is 0. The summed E-state index contributed by atoms with van der Waals surface area (Å²) in [5.41, 5.74) is 0.297. The summed E-state index contributed by atoms with van der Waals surface area (Å²) in [6.07, 6.45) is 0. The average molecular weight is 251 g/mol. The van der Waals surface area contributed by atoms with Gasteiger partial charge in [-0.2, -0.15) is 0 Å². The lowest BCUT2D eigenvalue weighted by Crippen LogP contribution is -2.17. The predicted octanol–water partition coefficient (Wildman–Crippen LogP) is 3.06. The summed E-state index contributed by atoms with van der Waals surface area (Å²) in [7, 11) is 1.55. The normalized spacial score (nSPS) is 10.8. The molecular formula is C16H13NO2. The summed E-state index contributed by atoms with van der Waals surface area (Å²) in [4.78, 5) is 11.7. The maximum atomic E-state index is 11.7. The molecule has 0 aliphatic carbocycles. The minimum Gasteiger partial charge on any atom is -0.506 e. The maximum absolute atomic E-state index is 11.7. The molecule has 0 radical (unpaired) electrons. The Morgan fingerprint density at radius 2 is 1.68 bits per heavy atom. The highest BCUT2D eigenvalue weighted by Gasteiger charge is 2.12. The van der Waals surface area contributed by atoms with E-state index in [4.69, 9.17) is 0 Å². The van der Waals surface area contributed by atoms with Crippen LogP contribution < -0.4 is 5.32 Å². The molecule has 0 heterocycles. The predicted molar refractivity (Wildman–Crippen MR) is 76.5 cm³/mol. The van der Waals surface area contributed by atoms with Gasteiger partial charge in [-0.3, -0.25) is 4.79 Å². The molecule has 0 saturated carbocycles. The topological polar surface area (TPSA) is 49.3 Å². The third-order valence-corrected chi connectivity index (χ3v) is 3.33. The lowest BCUT2D eigenvalue weighted by Gasteiger charge is -2.08. The fourth-order valence-electron chi connectivity index (χ4n) is 2.32. The van der Waals surface area contributed by atoms with Gasteiger partial charge in [0.2, 0.25) is 0 Å². The smallest absolute Gasteiger partial charge is 0.254 e. The molecule has 0 aliphatic heterocycles. The van der Waals surface area contributed by atoms with Crippen molar-refractivity contribution in [2.24, 2.45) is 0 Å². The standard InChI is InChI=1S/C16H13NO2/c1-17-16(19)13-7-6-12-8-10-4-2-3-5-11(10)9-14(12)15(13)18/h2-9,18H,1H3,(H,17,19). The van der Waals surface area contributed by atoms with Gasteiger partial charge in [-0.25, -0.2) is 0 Å². The van der Waals surface area contributed by atoms with E-state index in [9.17, 15) is 9.90 Å². The van der Waals surface area contributed by atoms with Crippen molar-refractivity contribution < 1.29 is 9.90 Å². The number of nitrogens with one attached hydrogen (secondary N) is 1. The number of phenols is 1. The first kappa shape index (κ1) is 11.5. The van der Waals surface area contributed by atoms with Gasteiger partial charge < -0.3 is 10.4 Å². The highest BCUT2D eigenvalue weighted by Crippen LogP contribution is 2.32. The Kier molecular flexibility index (Phi) is 2.60. The van der Waals surface area contributed by atoms with Gasteiger partial charge in [0.25, 0.3) is 5.91 Å². The second-order valence-electron chi connectivity index (χ2n) is 4.46. The van der Waals surface area contributed by atoms with Crippen LogP contribution in [-0.2, 0) is 0 Å². The molecule has 2 N–H and O–H groups in total. The second-order valence-corrected chi connectivity index (χ2v) is 4.46. The molecule has 1 amide bonds. The van der Waals surface area contributed by atoms with E-state index in [0.29, 0.717) is 10.9 Å². The number of hydrogen-bond donors (Lipinski definition) is 2. The molecule has 3 nitrogen and oxygen atoms in total. The van der Waals surface area contributed by atoms with Crippen LogP contribution in [-0.4, -0.2) is 18.1 Å². The zero-order valence-electron chi connectivity index (χ0n) is 10.5. The van der Waals surface area contributed by atoms with Crippen LogP contribution in [0.4, 0.5) is 0 Å². The van der Waals surface area contributed by atoms with Crippen molar-refractivity contribution >= 4 is 27.5 Å². The third kappa shape index (κ3) is 1.80. The molecule has 0 aliphatic rings. The van der Waals surface area contributed by atoms with Crippen LogP contribution in [0, 0.1) is 0 Å². The molecule has 0 unspecified atom stereocenters. The summed E-state index contributed by atoms with van der Waals surface area (Å²) in [6, 6.07) is 15.4. The van der Waals surface area contributed by atoms with Gasteiger partial charge in [-0.05, 0) is 34.4 Å². The molecular weight excluding hydrogens is 238 g/mol. The Labute approximate surface area is 110 Å².